The Morgan fingerprint density at radius 2 is 2.45 bits per heavy atom. The quantitative estimate of drug-likeness (QED) is 0.753. The summed E-state index contributed by atoms with van der Waals surface area (Å²) in [6, 6.07) is 0. The van der Waals surface area contributed by atoms with E-state index in [2.05, 4.69) is 31.1 Å². The highest BCUT2D eigenvalue weighted by Gasteiger charge is 2.07. The average Bonchev–Trinajstić information content (AvgIpc) is 2.55. The molecule has 0 amide bonds. The molecule has 2 aromatic heterocycles. The largest absolute Gasteiger partial charge is 0.331 e. The maximum atomic E-state index is 4.84. The third kappa shape index (κ3) is 1.31. The zero-order valence-corrected chi connectivity index (χ0v) is 7.59. The second kappa shape index (κ2) is 2.71. The highest BCUT2D eigenvalue weighted by atomic mass is 79.9. The minimum Gasteiger partial charge on any atom is -0.331 e. The summed E-state index contributed by atoms with van der Waals surface area (Å²) < 4.78 is 5.29. The van der Waals surface area contributed by atoms with E-state index in [9.17, 15) is 0 Å². The summed E-state index contributed by atoms with van der Waals surface area (Å²) in [6.07, 6.45) is 0. The van der Waals surface area contributed by atoms with Gasteiger partial charge in [0.25, 0.3) is 5.89 Å². The van der Waals surface area contributed by atoms with Gasteiger partial charge in [-0.3, -0.25) is 0 Å². The van der Waals surface area contributed by atoms with E-state index in [4.69, 9.17) is 4.52 Å². The van der Waals surface area contributed by atoms with Crippen molar-refractivity contribution in [1.29, 1.82) is 0 Å². The van der Waals surface area contributed by atoms with Crippen LogP contribution in [0.3, 0.4) is 0 Å². The first kappa shape index (κ1) is 6.93. The molecule has 0 aliphatic rings. The molecule has 0 N–H and O–H groups in total. The molecule has 0 fully saturated rings. The number of thiazole rings is 1. The van der Waals surface area contributed by atoms with Gasteiger partial charge in [-0.15, -0.1) is 11.3 Å². The van der Waals surface area contributed by atoms with Gasteiger partial charge >= 0.3 is 0 Å². The Kier molecular flexibility index (Phi) is 1.71. The van der Waals surface area contributed by atoms with E-state index in [0.717, 1.165) is 0 Å². The molecule has 0 radical (unpaired) electrons. The Morgan fingerprint density at radius 3 is 3.00 bits per heavy atom. The molecular formula is C5H2BrN3OS. The van der Waals surface area contributed by atoms with Gasteiger partial charge in [0.1, 0.15) is 5.69 Å². The molecule has 0 saturated heterocycles. The molecule has 0 spiro atoms. The van der Waals surface area contributed by atoms with Crippen LogP contribution in [0.1, 0.15) is 0 Å². The molecule has 0 atom stereocenters. The van der Waals surface area contributed by atoms with Gasteiger partial charge in [0.05, 0.1) is 5.51 Å². The van der Waals surface area contributed by atoms with Crippen LogP contribution in [-0.4, -0.2) is 15.1 Å². The van der Waals surface area contributed by atoms with Crippen molar-refractivity contribution in [2.75, 3.05) is 0 Å². The molecule has 2 aromatic rings. The Bertz CT molecular complexity index is 344. The highest BCUT2D eigenvalue weighted by Crippen LogP contribution is 2.17. The minimum absolute atomic E-state index is 0.443. The molecule has 2 rings (SSSR count). The lowest BCUT2D eigenvalue weighted by Crippen LogP contribution is -1.74. The van der Waals surface area contributed by atoms with E-state index in [1.54, 1.807) is 5.51 Å². The Balaban J connectivity index is 2.45. The number of hydrogen-bond acceptors (Lipinski definition) is 5. The number of nitrogens with zero attached hydrogens (tertiary/aromatic N) is 3. The second-order valence-electron chi connectivity index (χ2n) is 1.74. The van der Waals surface area contributed by atoms with E-state index < -0.39 is 0 Å². The number of aromatic nitrogens is 3. The van der Waals surface area contributed by atoms with E-state index in [1.807, 2.05) is 5.38 Å². The van der Waals surface area contributed by atoms with Crippen molar-refractivity contribution in [3.05, 3.63) is 15.6 Å². The topological polar surface area (TPSA) is 51.8 Å². The predicted molar refractivity (Wildman–Crippen MR) is 43.1 cm³/mol. The fraction of sp³-hybridized carbons (Fsp3) is 0. The Hall–Kier alpha value is -0.750. The predicted octanol–water partition coefficient (Wildman–Crippen LogP) is 1.96. The molecule has 6 heteroatoms. The third-order valence-corrected chi connectivity index (χ3v) is 1.96. The maximum absolute atomic E-state index is 4.84. The molecule has 0 bridgehead atoms. The standard InChI is InChI=1S/C5H2BrN3OS/c6-5-8-4(10-9-5)3-1-11-2-7-3/h1-2H. The number of halogens is 1. The van der Waals surface area contributed by atoms with Crippen LogP contribution in [0, 0.1) is 0 Å². The summed E-state index contributed by atoms with van der Waals surface area (Å²) in [4.78, 5) is 7.94. The summed E-state index contributed by atoms with van der Waals surface area (Å²) in [5.74, 6) is 0.443. The SMILES string of the molecule is Brc1noc(-c2cscn2)n1. The first-order valence-electron chi connectivity index (χ1n) is 2.74. The molecule has 0 aliphatic heterocycles. The second-order valence-corrected chi connectivity index (χ2v) is 3.17. The van der Waals surface area contributed by atoms with E-state index >= 15 is 0 Å². The zero-order chi connectivity index (χ0) is 7.68. The molecule has 4 nitrogen and oxygen atoms in total. The zero-order valence-electron chi connectivity index (χ0n) is 5.19. The summed E-state index contributed by atoms with van der Waals surface area (Å²) >= 11 is 4.57. The lowest BCUT2D eigenvalue weighted by atomic mass is 10.5. The molecular weight excluding hydrogens is 230 g/mol. The number of hydrogen-bond donors (Lipinski definition) is 0. The average molecular weight is 232 g/mol. The van der Waals surface area contributed by atoms with E-state index in [-0.39, 0.29) is 0 Å². The van der Waals surface area contributed by atoms with Crippen molar-refractivity contribution in [3.63, 3.8) is 0 Å². The van der Waals surface area contributed by atoms with Crippen LogP contribution in [0.15, 0.2) is 20.1 Å². The Labute approximate surface area is 74.4 Å². The molecule has 0 aromatic carbocycles. The molecule has 11 heavy (non-hydrogen) atoms. The van der Waals surface area contributed by atoms with Crippen molar-refractivity contribution < 1.29 is 4.52 Å². The van der Waals surface area contributed by atoms with Crippen molar-refractivity contribution >= 4 is 27.3 Å². The van der Waals surface area contributed by atoms with Gasteiger partial charge in [-0.25, -0.2) is 4.98 Å². The monoisotopic (exact) mass is 231 g/mol. The first-order valence-corrected chi connectivity index (χ1v) is 4.47. The van der Waals surface area contributed by atoms with Crippen molar-refractivity contribution in [2.45, 2.75) is 0 Å². The van der Waals surface area contributed by atoms with E-state index in [0.29, 0.717) is 16.3 Å². The summed E-state index contributed by atoms with van der Waals surface area (Å²) in [7, 11) is 0. The Morgan fingerprint density at radius 1 is 1.55 bits per heavy atom. The van der Waals surface area contributed by atoms with Gasteiger partial charge in [-0.05, 0) is 21.1 Å². The summed E-state index contributed by atoms with van der Waals surface area (Å²) in [6.45, 7) is 0. The normalized spacial score (nSPS) is 10.3. The summed E-state index contributed by atoms with van der Waals surface area (Å²) in [5.41, 5.74) is 2.43. The van der Waals surface area contributed by atoms with Crippen LogP contribution in [0.25, 0.3) is 11.6 Å². The smallest absolute Gasteiger partial charge is 0.278 e. The van der Waals surface area contributed by atoms with Gasteiger partial charge in [0, 0.05) is 5.38 Å². The fourth-order valence-electron chi connectivity index (χ4n) is 0.628. The van der Waals surface area contributed by atoms with Gasteiger partial charge in [0.15, 0.2) is 0 Å². The van der Waals surface area contributed by atoms with Gasteiger partial charge in [0.2, 0.25) is 4.73 Å². The van der Waals surface area contributed by atoms with Crippen LogP contribution < -0.4 is 0 Å². The number of rotatable bonds is 1. The molecule has 0 saturated carbocycles. The molecule has 0 aliphatic carbocycles. The van der Waals surface area contributed by atoms with Crippen LogP contribution in [-0.2, 0) is 0 Å². The third-order valence-electron chi connectivity index (χ3n) is 1.05. The molecule has 0 unspecified atom stereocenters. The highest BCUT2D eigenvalue weighted by molar-refractivity contribution is 9.10. The van der Waals surface area contributed by atoms with E-state index in [1.165, 1.54) is 11.3 Å². The van der Waals surface area contributed by atoms with Crippen LogP contribution in [0.5, 0.6) is 0 Å². The van der Waals surface area contributed by atoms with Crippen LogP contribution in [0.2, 0.25) is 0 Å². The van der Waals surface area contributed by atoms with Crippen molar-refractivity contribution in [2.24, 2.45) is 0 Å². The van der Waals surface area contributed by atoms with Gasteiger partial charge in [-0.2, -0.15) is 4.98 Å². The van der Waals surface area contributed by atoms with Gasteiger partial charge in [-0.1, -0.05) is 0 Å². The maximum Gasteiger partial charge on any atom is 0.278 e. The molecule has 56 valence electrons. The van der Waals surface area contributed by atoms with Crippen molar-refractivity contribution in [1.82, 2.24) is 15.1 Å². The van der Waals surface area contributed by atoms with Crippen LogP contribution >= 0.6 is 27.3 Å². The van der Waals surface area contributed by atoms with Crippen LogP contribution in [0.4, 0.5) is 0 Å². The van der Waals surface area contributed by atoms with Crippen molar-refractivity contribution in [3.8, 4) is 11.6 Å². The minimum atomic E-state index is 0.443. The lowest BCUT2D eigenvalue weighted by molar-refractivity contribution is 0.425. The summed E-state index contributed by atoms with van der Waals surface area (Å²) in [5, 5.41) is 5.41. The fourth-order valence-corrected chi connectivity index (χ4v) is 1.39. The first-order chi connectivity index (χ1) is 5.36. The lowest BCUT2D eigenvalue weighted by Gasteiger charge is -1.79. The van der Waals surface area contributed by atoms with Gasteiger partial charge < -0.3 is 4.52 Å². The molecule has 2 heterocycles.